The second-order valence-corrected chi connectivity index (χ2v) is 6.92. The van der Waals surface area contributed by atoms with Crippen LogP contribution in [0.3, 0.4) is 0 Å². The number of ether oxygens (including phenoxy) is 1. The van der Waals surface area contributed by atoms with E-state index in [0.717, 1.165) is 30.4 Å². The largest absolute Gasteiger partial charge is 0.438 e. The molecule has 7 heteroatoms. The molecule has 26 heavy (non-hydrogen) atoms. The first-order valence-electron chi connectivity index (χ1n) is 8.58. The summed E-state index contributed by atoms with van der Waals surface area (Å²) in [5.41, 5.74) is 0.337. The molecule has 1 aromatic heterocycles. The number of nitrogens with zero attached hydrogens (tertiary/aromatic N) is 2. The molecule has 2 aromatic rings. The molecule has 1 N–H and O–H groups in total. The molecule has 0 aliphatic carbocycles. The Morgan fingerprint density at radius 2 is 1.88 bits per heavy atom. The summed E-state index contributed by atoms with van der Waals surface area (Å²) in [6.07, 6.45) is 3.99. The zero-order valence-electron chi connectivity index (χ0n) is 14.3. The van der Waals surface area contributed by atoms with E-state index in [1.165, 1.54) is 0 Å². The van der Waals surface area contributed by atoms with Crippen molar-refractivity contribution in [1.82, 2.24) is 15.2 Å². The first-order chi connectivity index (χ1) is 12.6. The van der Waals surface area contributed by atoms with Crippen LogP contribution in [0.1, 0.15) is 29.6 Å². The van der Waals surface area contributed by atoms with Crippen molar-refractivity contribution in [2.75, 3.05) is 19.6 Å². The van der Waals surface area contributed by atoms with Crippen LogP contribution in [-0.2, 0) is 4.79 Å². The number of hydrogen-bond donors (Lipinski definition) is 1. The highest BCUT2D eigenvalue weighted by molar-refractivity contribution is 9.10. The molecule has 2 amide bonds. The van der Waals surface area contributed by atoms with Gasteiger partial charge in [0.1, 0.15) is 11.3 Å². The van der Waals surface area contributed by atoms with Crippen LogP contribution in [-0.4, -0.2) is 41.3 Å². The lowest BCUT2D eigenvalue weighted by Crippen LogP contribution is -2.32. The Morgan fingerprint density at radius 3 is 2.62 bits per heavy atom. The minimum atomic E-state index is -0.306. The number of carbonyl (C=O) groups is 2. The number of amides is 2. The minimum absolute atomic E-state index is 0.0836. The Balaban J connectivity index is 1.58. The maximum atomic E-state index is 12.4. The third kappa shape index (κ3) is 4.82. The SMILES string of the molecule is O=C(NCCC(=O)N1CCCC1)c1cccnc1Oc1ccc(Br)cc1. The number of hydrogen-bond acceptors (Lipinski definition) is 4. The molecule has 0 unspecified atom stereocenters. The van der Waals surface area contributed by atoms with E-state index in [0.29, 0.717) is 24.3 Å². The fraction of sp³-hybridized carbons (Fsp3) is 0.316. The molecule has 3 rings (SSSR count). The predicted octanol–water partition coefficient (Wildman–Crippen LogP) is 3.38. The summed E-state index contributed by atoms with van der Waals surface area (Å²) < 4.78 is 6.66. The molecule has 136 valence electrons. The smallest absolute Gasteiger partial charge is 0.256 e. The summed E-state index contributed by atoms with van der Waals surface area (Å²) in [7, 11) is 0. The molecule has 0 saturated carbocycles. The van der Waals surface area contributed by atoms with E-state index in [-0.39, 0.29) is 17.7 Å². The Kier molecular flexibility index (Phi) is 6.22. The van der Waals surface area contributed by atoms with Crippen molar-refractivity contribution in [3.8, 4) is 11.6 Å². The molecule has 1 fully saturated rings. The van der Waals surface area contributed by atoms with Crippen LogP contribution in [0.4, 0.5) is 0 Å². The number of aromatic nitrogens is 1. The molecular weight excluding hydrogens is 398 g/mol. The van der Waals surface area contributed by atoms with Crippen molar-refractivity contribution >= 4 is 27.7 Å². The molecule has 0 radical (unpaired) electrons. The van der Waals surface area contributed by atoms with Gasteiger partial charge in [0.15, 0.2) is 0 Å². The quantitative estimate of drug-likeness (QED) is 0.781. The summed E-state index contributed by atoms with van der Waals surface area (Å²) in [6.45, 7) is 1.93. The molecule has 0 atom stereocenters. The number of halogens is 1. The monoisotopic (exact) mass is 417 g/mol. The standard InChI is InChI=1S/C19H20BrN3O3/c20-14-5-7-15(8-6-14)26-19-16(4-3-10-22-19)18(25)21-11-9-17(24)23-12-1-2-13-23/h3-8,10H,1-2,9,11-13H2,(H,21,25). The first-order valence-corrected chi connectivity index (χ1v) is 9.37. The van der Waals surface area contributed by atoms with Gasteiger partial charge in [-0.15, -0.1) is 0 Å². The van der Waals surface area contributed by atoms with Crippen LogP contribution < -0.4 is 10.1 Å². The maximum absolute atomic E-state index is 12.4. The van der Waals surface area contributed by atoms with Gasteiger partial charge in [0.2, 0.25) is 11.8 Å². The normalized spacial score (nSPS) is 13.5. The van der Waals surface area contributed by atoms with Gasteiger partial charge in [-0.05, 0) is 49.2 Å². The molecule has 0 bridgehead atoms. The van der Waals surface area contributed by atoms with Crippen molar-refractivity contribution in [1.29, 1.82) is 0 Å². The van der Waals surface area contributed by atoms with E-state index in [9.17, 15) is 9.59 Å². The summed E-state index contributed by atoms with van der Waals surface area (Å²) in [6, 6.07) is 10.6. The highest BCUT2D eigenvalue weighted by atomic mass is 79.9. The number of pyridine rings is 1. The molecule has 1 saturated heterocycles. The molecule has 0 spiro atoms. The van der Waals surface area contributed by atoms with Crippen LogP contribution in [0.15, 0.2) is 47.1 Å². The summed E-state index contributed by atoms with van der Waals surface area (Å²) in [4.78, 5) is 30.5. The number of likely N-dealkylation sites (tertiary alicyclic amines) is 1. The van der Waals surface area contributed by atoms with Crippen molar-refractivity contribution in [2.45, 2.75) is 19.3 Å². The third-order valence-corrected chi connectivity index (χ3v) is 4.66. The van der Waals surface area contributed by atoms with E-state index in [2.05, 4.69) is 26.2 Å². The van der Waals surface area contributed by atoms with Crippen molar-refractivity contribution in [2.24, 2.45) is 0 Å². The zero-order chi connectivity index (χ0) is 18.4. The minimum Gasteiger partial charge on any atom is -0.438 e. The van der Waals surface area contributed by atoms with Gasteiger partial charge in [0, 0.05) is 36.7 Å². The lowest BCUT2D eigenvalue weighted by Gasteiger charge is -2.15. The molecule has 1 aromatic carbocycles. The first kappa shape index (κ1) is 18.4. The molecule has 1 aliphatic heterocycles. The van der Waals surface area contributed by atoms with E-state index >= 15 is 0 Å². The van der Waals surface area contributed by atoms with Gasteiger partial charge in [-0.3, -0.25) is 9.59 Å². The Hall–Kier alpha value is -2.41. The summed E-state index contributed by atoms with van der Waals surface area (Å²) >= 11 is 3.37. The van der Waals surface area contributed by atoms with Crippen molar-refractivity contribution < 1.29 is 14.3 Å². The van der Waals surface area contributed by atoms with Gasteiger partial charge in [-0.25, -0.2) is 4.98 Å². The molecule has 2 heterocycles. The van der Waals surface area contributed by atoms with Crippen molar-refractivity contribution in [3.05, 3.63) is 52.6 Å². The van der Waals surface area contributed by atoms with E-state index in [1.54, 1.807) is 30.5 Å². The highest BCUT2D eigenvalue weighted by Gasteiger charge is 2.18. The van der Waals surface area contributed by atoms with Crippen LogP contribution in [0.2, 0.25) is 0 Å². The van der Waals surface area contributed by atoms with Gasteiger partial charge in [0.05, 0.1) is 0 Å². The topological polar surface area (TPSA) is 71.5 Å². The molecular formula is C19H20BrN3O3. The summed E-state index contributed by atoms with van der Waals surface area (Å²) in [5, 5.41) is 2.77. The van der Waals surface area contributed by atoms with Gasteiger partial charge in [-0.2, -0.15) is 0 Å². The predicted molar refractivity (Wildman–Crippen MR) is 101 cm³/mol. The number of nitrogens with one attached hydrogen (secondary N) is 1. The average molecular weight is 418 g/mol. The second-order valence-electron chi connectivity index (χ2n) is 6.01. The van der Waals surface area contributed by atoms with Gasteiger partial charge < -0.3 is 15.0 Å². The van der Waals surface area contributed by atoms with E-state index < -0.39 is 0 Å². The van der Waals surface area contributed by atoms with Gasteiger partial charge >= 0.3 is 0 Å². The third-order valence-electron chi connectivity index (χ3n) is 4.13. The van der Waals surface area contributed by atoms with Crippen LogP contribution >= 0.6 is 15.9 Å². The van der Waals surface area contributed by atoms with E-state index in [1.807, 2.05) is 17.0 Å². The Morgan fingerprint density at radius 1 is 1.15 bits per heavy atom. The number of benzene rings is 1. The zero-order valence-corrected chi connectivity index (χ0v) is 15.9. The fourth-order valence-corrected chi connectivity index (χ4v) is 3.03. The number of carbonyl (C=O) groups excluding carboxylic acids is 2. The highest BCUT2D eigenvalue weighted by Crippen LogP contribution is 2.24. The van der Waals surface area contributed by atoms with Gasteiger partial charge in [0.25, 0.3) is 5.91 Å². The van der Waals surface area contributed by atoms with Crippen LogP contribution in [0.5, 0.6) is 11.6 Å². The van der Waals surface area contributed by atoms with Crippen LogP contribution in [0.25, 0.3) is 0 Å². The average Bonchev–Trinajstić information content (AvgIpc) is 3.19. The summed E-state index contributed by atoms with van der Waals surface area (Å²) in [5.74, 6) is 0.600. The van der Waals surface area contributed by atoms with Gasteiger partial charge in [-0.1, -0.05) is 15.9 Å². The van der Waals surface area contributed by atoms with Crippen molar-refractivity contribution in [3.63, 3.8) is 0 Å². The fourth-order valence-electron chi connectivity index (χ4n) is 2.76. The van der Waals surface area contributed by atoms with E-state index in [4.69, 9.17) is 4.74 Å². The molecule has 1 aliphatic rings. The second kappa shape index (κ2) is 8.80. The Labute approximate surface area is 160 Å². The Bertz CT molecular complexity index is 774. The maximum Gasteiger partial charge on any atom is 0.256 e. The number of rotatable bonds is 6. The lowest BCUT2D eigenvalue weighted by atomic mass is 10.2. The van der Waals surface area contributed by atoms with Crippen LogP contribution in [0, 0.1) is 0 Å². The lowest BCUT2D eigenvalue weighted by molar-refractivity contribution is -0.129. The molecule has 6 nitrogen and oxygen atoms in total.